The number of anilines is 1. The van der Waals surface area contributed by atoms with Crippen molar-refractivity contribution in [2.24, 2.45) is 0 Å². The van der Waals surface area contributed by atoms with Crippen LogP contribution in [0.5, 0.6) is 0 Å². The number of nitrogens with zero attached hydrogens (tertiary/aromatic N) is 3. The lowest BCUT2D eigenvalue weighted by molar-refractivity contribution is 0.0669. The first-order valence-electron chi connectivity index (χ1n) is 11.0. The minimum atomic E-state index is -0.561. The van der Waals surface area contributed by atoms with Crippen LogP contribution < -0.4 is 21.3 Å². The van der Waals surface area contributed by atoms with Crippen molar-refractivity contribution < 1.29 is 9.90 Å². The maximum absolute atomic E-state index is 12.5. The van der Waals surface area contributed by atoms with Crippen LogP contribution in [0.25, 0.3) is 0 Å². The van der Waals surface area contributed by atoms with Crippen molar-refractivity contribution >= 4 is 11.7 Å². The lowest BCUT2D eigenvalue weighted by atomic mass is 9.93. The van der Waals surface area contributed by atoms with Crippen LogP contribution in [0.4, 0.5) is 5.82 Å². The van der Waals surface area contributed by atoms with Crippen LogP contribution in [-0.2, 0) is 0 Å². The number of carbonyl (C=O) groups is 1. The monoisotopic (exact) mass is 427 g/mol. The van der Waals surface area contributed by atoms with Gasteiger partial charge in [0.05, 0.1) is 12.1 Å². The second-order valence-electron chi connectivity index (χ2n) is 8.36. The first-order valence-corrected chi connectivity index (χ1v) is 11.0. The molecule has 0 spiro atoms. The number of amides is 1. The Labute approximate surface area is 180 Å². The topological polar surface area (TPSA) is 120 Å². The smallest absolute Gasteiger partial charge is 0.267 e. The van der Waals surface area contributed by atoms with Gasteiger partial charge in [0.15, 0.2) is 0 Å². The van der Waals surface area contributed by atoms with E-state index in [1.807, 2.05) is 0 Å². The standard InChI is InChI=1S/C22H29N5O4/c28-18-9-2-1-8-17(18)27-20(29)11-10-19(25-27)26-13-4-3-6-15(26)14-24-22(31)16-7-5-12-23-21(16)30/h5,7,10-12,15,17-18,28H,1-4,6,8-9,13-14H2,(H,23,30)(H,24,31). The van der Waals surface area contributed by atoms with Gasteiger partial charge in [0, 0.05) is 31.4 Å². The molecule has 4 rings (SSSR count). The Morgan fingerprint density at radius 1 is 1.13 bits per heavy atom. The fourth-order valence-electron chi connectivity index (χ4n) is 4.60. The van der Waals surface area contributed by atoms with E-state index in [9.17, 15) is 19.5 Å². The summed E-state index contributed by atoms with van der Waals surface area (Å²) in [6, 6.07) is 6.06. The Hall–Kier alpha value is -2.94. The van der Waals surface area contributed by atoms with E-state index in [0.717, 1.165) is 45.1 Å². The number of aliphatic hydroxyl groups is 1. The van der Waals surface area contributed by atoms with E-state index in [-0.39, 0.29) is 23.2 Å². The number of H-pyrrole nitrogens is 1. The minimum absolute atomic E-state index is 0.00947. The molecule has 9 heteroatoms. The van der Waals surface area contributed by atoms with Crippen LogP contribution in [0, 0.1) is 0 Å². The van der Waals surface area contributed by atoms with Crippen LogP contribution in [0.2, 0.25) is 0 Å². The van der Waals surface area contributed by atoms with Gasteiger partial charge in [0.25, 0.3) is 17.0 Å². The molecule has 1 saturated carbocycles. The summed E-state index contributed by atoms with van der Waals surface area (Å²) in [7, 11) is 0. The quantitative estimate of drug-likeness (QED) is 0.659. The molecule has 2 aromatic heterocycles. The molecule has 3 N–H and O–H groups in total. The molecule has 2 aliphatic rings. The largest absolute Gasteiger partial charge is 0.391 e. The van der Waals surface area contributed by atoms with Crippen molar-refractivity contribution in [2.75, 3.05) is 18.0 Å². The van der Waals surface area contributed by atoms with Gasteiger partial charge in [-0.2, -0.15) is 5.10 Å². The Kier molecular flexibility index (Phi) is 6.50. The maximum Gasteiger partial charge on any atom is 0.267 e. The Morgan fingerprint density at radius 2 is 1.94 bits per heavy atom. The fraction of sp³-hybridized carbons (Fsp3) is 0.545. The molecule has 1 saturated heterocycles. The molecule has 3 atom stereocenters. The van der Waals surface area contributed by atoms with Gasteiger partial charge in [-0.25, -0.2) is 4.68 Å². The van der Waals surface area contributed by atoms with Crippen LogP contribution in [0.3, 0.4) is 0 Å². The highest BCUT2D eigenvalue weighted by Crippen LogP contribution is 2.28. The molecule has 31 heavy (non-hydrogen) atoms. The van der Waals surface area contributed by atoms with Crippen LogP contribution in [0.15, 0.2) is 40.1 Å². The summed E-state index contributed by atoms with van der Waals surface area (Å²) >= 11 is 0. The Morgan fingerprint density at radius 3 is 2.74 bits per heavy atom. The highest BCUT2D eigenvalue weighted by molar-refractivity contribution is 5.93. The van der Waals surface area contributed by atoms with Crippen LogP contribution in [0.1, 0.15) is 61.3 Å². The minimum Gasteiger partial charge on any atom is -0.391 e. The van der Waals surface area contributed by atoms with Crippen molar-refractivity contribution in [1.82, 2.24) is 20.1 Å². The number of rotatable bonds is 5. The molecule has 2 fully saturated rings. The maximum atomic E-state index is 12.5. The molecule has 0 aromatic carbocycles. The zero-order valence-electron chi connectivity index (χ0n) is 17.5. The highest BCUT2D eigenvalue weighted by Gasteiger charge is 2.29. The van der Waals surface area contributed by atoms with Gasteiger partial charge < -0.3 is 20.3 Å². The van der Waals surface area contributed by atoms with Crippen molar-refractivity contribution in [3.8, 4) is 0 Å². The lowest BCUT2D eigenvalue weighted by Crippen LogP contribution is -2.48. The SMILES string of the molecule is O=C(NCC1CCCCN1c1ccc(=O)n(C2CCCCC2O)n1)c1ccc[nH]c1=O. The summed E-state index contributed by atoms with van der Waals surface area (Å²) in [5, 5.41) is 17.9. The molecule has 0 bridgehead atoms. The summed E-state index contributed by atoms with van der Waals surface area (Å²) in [6.45, 7) is 1.14. The molecule has 1 aliphatic heterocycles. The first kappa shape index (κ1) is 21.3. The number of hydrogen-bond donors (Lipinski definition) is 3. The summed E-state index contributed by atoms with van der Waals surface area (Å²) in [5.74, 6) is 0.268. The zero-order valence-corrected chi connectivity index (χ0v) is 17.5. The molecule has 166 valence electrons. The van der Waals surface area contributed by atoms with Gasteiger partial charge in [-0.3, -0.25) is 14.4 Å². The highest BCUT2D eigenvalue weighted by atomic mass is 16.3. The van der Waals surface area contributed by atoms with Crippen molar-refractivity contribution in [1.29, 1.82) is 0 Å². The summed E-state index contributed by atoms with van der Waals surface area (Å²) in [4.78, 5) is 41.4. The van der Waals surface area contributed by atoms with Gasteiger partial charge in [0.1, 0.15) is 11.4 Å². The van der Waals surface area contributed by atoms with E-state index < -0.39 is 17.6 Å². The second-order valence-corrected chi connectivity index (χ2v) is 8.36. The van der Waals surface area contributed by atoms with Gasteiger partial charge in [-0.1, -0.05) is 12.8 Å². The van der Waals surface area contributed by atoms with Crippen LogP contribution >= 0.6 is 0 Å². The van der Waals surface area contributed by atoms with Crippen molar-refractivity contribution in [2.45, 2.75) is 63.1 Å². The summed E-state index contributed by atoms with van der Waals surface area (Å²) < 4.78 is 1.44. The third-order valence-corrected chi connectivity index (χ3v) is 6.30. The second kappa shape index (κ2) is 9.47. The molecular weight excluding hydrogens is 398 g/mol. The third kappa shape index (κ3) is 4.71. The predicted molar refractivity (Wildman–Crippen MR) is 116 cm³/mol. The molecule has 2 aromatic rings. The van der Waals surface area contributed by atoms with Gasteiger partial charge in [0.2, 0.25) is 0 Å². The van der Waals surface area contributed by atoms with Crippen molar-refractivity contribution in [3.63, 3.8) is 0 Å². The molecule has 1 aliphatic carbocycles. The Balaban J connectivity index is 1.51. The molecule has 9 nitrogen and oxygen atoms in total. The number of nitrogens with one attached hydrogen (secondary N) is 2. The van der Waals surface area contributed by atoms with E-state index in [1.165, 1.54) is 23.0 Å². The molecule has 0 radical (unpaired) electrons. The predicted octanol–water partition coefficient (Wildman–Crippen LogP) is 1.20. The third-order valence-electron chi connectivity index (χ3n) is 6.30. The van der Waals surface area contributed by atoms with Gasteiger partial charge in [-0.15, -0.1) is 0 Å². The number of piperidine rings is 1. The number of pyridine rings is 1. The Bertz CT molecular complexity index is 1030. The van der Waals surface area contributed by atoms with E-state index in [0.29, 0.717) is 18.8 Å². The van der Waals surface area contributed by atoms with Crippen molar-refractivity contribution in [3.05, 3.63) is 56.7 Å². The summed E-state index contributed by atoms with van der Waals surface area (Å²) in [6.07, 6.45) is 7.18. The van der Waals surface area contributed by atoms with Gasteiger partial charge >= 0.3 is 0 Å². The van der Waals surface area contributed by atoms with E-state index in [1.54, 1.807) is 12.1 Å². The molecule has 3 heterocycles. The average Bonchev–Trinajstić information content (AvgIpc) is 2.79. The number of carbonyl (C=O) groups excluding carboxylic acids is 1. The van der Waals surface area contributed by atoms with E-state index >= 15 is 0 Å². The van der Waals surface area contributed by atoms with E-state index in [2.05, 4.69) is 20.3 Å². The summed E-state index contributed by atoms with van der Waals surface area (Å²) in [5.41, 5.74) is -0.539. The number of hydrogen-bond acceptors (Lipinski definition) is 6. The zero-order chi connectivity index (χ0) is 21.8. The lowest BCUT2D eigenvalue weighted by Gasteiger charge is -2.37. The first-order chi connectivity index (χ1) is 15.0. The molecule has 1 amide bonds. The number of aromatic amines is 1. The normalized spacial score (nSPS) is 24.0. The van der Waals surface area contributed by atoms with Crippen LogP contribution in [-0.4, -0.2) is 51.0 Å². The number of aromatic nitrogens is 3. The van der Waals surface area contributed by atoms with Gasteiger partial charge in [-0.05, 0) is 50.3 Å². The molecular formula is C22H29N5O4. The molecule has 3 unspecified atom stereocenters. The fourth-order valence-corrected chi connectivity index (χ4v) is 4.60. The average molecular weight is 428 g/mol. The van der Waals surface area contributed by atoms with E-state index in [4.69, 9.17) is 0 Å². The number of aliphatic hydroxyl groups excluding tert-OH is 1.